The van der Waals surface area contributed by atoms with Crippen molar-refractivity contribution in [2.45, 2.75) is 45.7 Å². The summed E-state index contributed by atoms with van der Waals surface area (Å²) in [5, 5.41) is 3.46. The molecule has 1 aliphatic heterocycles. The fraction of sp³-hybridized carbons (Fsp3) is 0.647. The molecule has 0 radical (unpaired) electrons. The summed E-state index contributed by atoms with van der Waals surface area (Å²) in [5.41, 5.74) is 1.45. The lowest BCUT2D eigenvalue weighted by atomic mass is 10.1. The third kappa shape index (κ3) is 3.38. The molecular weight excluding hydrogens is 293 g/mol. The smallest absolute Gasteiger partial charge is 0.160 e. The van der Waals surface area contributed by atoms with Crippen molar-refractivity contribution < 1.29 is 4.39 Å². The van der Waals surface area contributed by atoms with Gasteiger partial charge in [0.2, 0.25) is 0 Å². The van der Waals surface area contributed by atoms with Gasteiger partial charge in [-0.2, -0.15) is 0 Å². The maximum Gasteiger partial charge on any atom is 0.160 e. The monoisotopic (exact) mass is 319 g/mol. The number of fused-ring (bicyclic) bond motifs is 1. The van der Waals surface area contributed by atoms with Crippen LogP contribution in [0.1, 0.15) is 45.0 Å². The van der Waals surface area contributed by atoms with Crippen molar-refractivity contribution in [1.29, 1.82) is 0 Å². The molecule has 1 N–H and O–H groups in total. The van der Waals surface area contributed by atoms with E-state index in [4.69, 9.17) is 4.98 Å². The molecule has 0 amide bonds. The number of imidazole rings is 1. The van der Waals surface area contributed by atoms with Gasteiger partial charge in [-0.05, 0) is 26.3 Å². The van der Waals surface area contributed by atoms with Gasteiger partial charge in [-0.1, -0.05) is 13.3 Å². The van der Waals surface area contributed by atoms with E-state index < -0.39 is 0 Å². The summed E-state index contributed by atoms with van der Waals surface area (Å²) < 4.78 is 15.7. The Kier molecular flexibility index (Phi) is 5.23. The highest BCUT2D eigenvalue weighted by Gasteiger charge is 2.26. The molecule has 0 aliphatic carbocycles. The van der Waals surface area contributed by atoms with Crippen LogP contribution in [0.5, 0.6) is 0 Å². The summed E-state index contributed by atoms with van der Waals surface area (Å²) in [4.78, 5) is 11.6. The summed E-state index contributed by atoms with van der Waals surface area (Å²) >= 11 is 0. The molecule has 0 saturated carbocycles. The molecule has 3 rings (SSSR count). The van der Waals surface area contributed by atoms with Crippen molar-refractivity contribution in [3.8, 4) is 0 Å². The molecule has 6 heteroatoms. The summed E-state index contributed by atoms with van der Waals surface area (Å²) in [6.45, 7) is 9.30. The summed E-state index contributed by atoms with van der Waals surface area (Å²) in [6.07, 6.45) is 4.60. The third-order valence-corrected chi connectivity index (χ3v) is 4.57. The number of aromatic nitrogens is 3. The van der Waals surface area contributed by atoms with E-state index in [1.807, 2.05) is 0 Å². The van der Waals surface area contributed by atoms with Gasteiger partial charge in [0.25, 0.3) is 0 Å². The number of hydrogen-bond donors (Lipinski definition) is 1. The Hall–Kier alpha value is -1.53. The number of nitrogens with one attached hydrogen (secondary N) is 1. The quantitative estimate of drug-likeness (QED) is 0.920. The van der Waals surface area contributed by atoms with E-state index in [1.165, 1.54) is 12.3 Å². The molecule has 1 atom stereocenters. The van der Waals surface area contributed by atoms with Crippen LogP contribution in [0, 0.1) is 5.82 Å². The number of rotatable bonds is 5. The van der Waals surface area contributed by atoms with Crippen molar-refractivity contribution in [1.82, 2.24) is 24.8 Å². The molecule has 1 fully saturated rings. The minimum absolute atomic E-state index is 0.275. The molecule has 1 saturated heterocycles. The first-order valence-corrected chi connectivity index (χ1v) is 8.71. The van der Waals surface area contributed by atoms with Gasteiger partial charge < -0.3 is 9.88 Å². The second kappa shape index (κ2) is 7.36. The highest BCUT2D eigenvalue weighted by atomic mass is 19.1. The van der Waals surface area contributed by atoms with Crippen LogP contribution >= 0.6 is 0 Å². The van der Waals surface area contributed by atoms with Crippen LogP contribution in [0.15, 0.2) is 12.3 Å². The highest BCUT2D eigenvalue weighted by molar-refractivity contribution is 5.71. The zero-order valence-electron chi connectivity index (χ0n) is 14.1. The van der Waals surface area contributed by atoms with Crippen molar-refractivity contribution in [2.24, 2.45) is 0 Å². The van der Waals surface area contributed by atoms with E-state index in [9.17, 15) is 4.39 Å². The van der Waals surface area contributed by atoms with Gasteiger partial charge >= 0.3 is 0 Å². The lowest BCUT2D eigenvalue weighted by Gasteiger charge is -2.30. The van der Waals surface area contributed by atoms with E-state index >= 15 is 0 Å². The Balaban J connectivity index is 2.02. The van der Waals surface area contributed by atoms with E-state index in [-0.39, 0.29) is 11.9 Å². The Morgan fingerprint density at radius 1 is 1.30 bits per heavy atom. The van der Waals surface area contributed by atoms with Gasteiger partial charge in [0.15, 0.2) is 5.65 Å². The van der Waals surface area contributed by atoms with Crippen LogP contribution in [0.25, 0.3) is 11.2 Å². The summed E-state index contributed by atoms with van der Waals surface area (Å²) in [5.74, 6) is 0.708. The minimum Gasteiger partial charge on any atom is -0.315 e. The molecule has 23 heavy (non-hydrogen) atoms. The number of aryl methyl sites for hydroxylation is 1. The van der Waals surface area contributed by atoms with Gasteiger partial charge in [-0.3, -0.25) is 4.90 Å². The number of nitrogens with zero attached hydrogens (tertiary/aromatic N) is 4. The fourth-order valence-electron chi connectivity index (χ4n) is 3.50. The lowest BCUT2D eigenvalue weighted by molar-refractivity contribution is 0.187. The molecular formula is C17H26FN5. The first-order chi connectivity index (χ1) is 11.2. The van der Waals surface area contributed by atoms with Crippen molar-refractivity contribution in [2.75, 3.05) is 26.2 Å². The molecule has 126 valence electrons. The second-order valence-corrected chi connectivity index (χ2v) is 6.15. The maximum absolute atomic E-state index is 13.5. The maximum atomic E-state index is 13.5. The Bertz CT molecular complexity index is 646. The number of hydrogen-bond acceptors (Lipinski definition) is 4. The van der Waals surface area contributed by atoms with Gasteiger partial charge in [0.1, 0.15) is 17.2 Å². The fourth-order valence-corrected chi connectivity index (χ4v) is 3.50. The third-order valence-electron chi connectivity index (χ3n) is 4.57. The van der Waals surface area contributed by atoms with E-state index in [0.29, 0.717) is 5.52 Å². The average Bonchev–Trinajstić information content (AvgIpc) is 2.72. The zero-order chi connectivity index (χ0) is 16.2. The Morgan fingerprint density at radius 2 is 2.17 bits per heavy atom. The standard InChI is InChI=1S/C17H26FN5/c1-3-6-15(22-9-5-7-19-8-10-22)17-21-14-11-13(18)12-20-16(14)23(17)4-2/h11-12,15,19H,3-10H2,1-2H3. The molecule has 3 heterocycles. The predicted molar refractivity (Wildman–Crippen MR) is 89.9 cm³/mol. The summed E-state index contributed by atoms with van der Waals surface area (Å²) in [6, 6.07) is 1.77. The van der Waals surface area contributed by atoms with Gasteiger partial charge in [0.05, 0.1) is 12.2 Å². The number of halogens is 1. The van der Waals surface area contributed by atoms with Gasteiger partial charge in [0, 0.05) is 32.2 Å². The zero-order valence-corrected chi connectivity index (χ0v) is 14.1. The number of pyridine rings is 1. The van der Waals surface area contributed by atoms with Gasteiger partial charge in [-0.25, -0.2) is 14.4 Å². The normalized spacial score (nSPS) is 18.2. The molecule has 0 aromatic carbocycles. The van der Waals surface area contributed by atoms with Crippen LogP contribution in [-0.2, 0) is 6.54 Å². The van der Waals surface area contributed by atoms with Crippen LogP contribution in [0.4, 0.5) is 4.39 Å². The molecule has 1 aliphatic rings. The van der Waals surface area contributed by atoms with Crippen molar-refractivity contribution in [3.05, 3.63) is 23.9 Å². The van der Waals surface area contributed by atoms with Crippen molar-refractivity contribution in [3.63, 3.8) is 0 Å². The van der Waals surface area contributed by atoms with E-state index in [0.717, 1.165) is 63.5 Å². The first kappa shape index (κ1) is 16.3. The largest absolute Gasteiger partial charge is 0.315 e. The van der Waals surface area contributed by atoms with E-state index in [2.05, 4.69) is 33.6 Å². The van der Waals surface area contributed by atoms with Crippen LogP contribution < -0.4 is 5.32 Å². The molecule has 1 unspecified atom stereocenters. The Morgan fingerprint density at radius 3 is 2.96 bits per heavy atom. The van der Waals surface area contributed by atoms with Crippen LogP contribution in [0.2, 0.25) is 0 Å². The topological polar surface area (TPSA) is 46.0 Å². The minimum atomic E-state index is -0.323. The molecule has 2 aromatic heterocycles. The van der Waals surface area contributed by atoms with Crippen LogP contribution in [0.3, 0.4) is 0 Å². The predicted octanol–water partition coefficient (Wildman–Crippen LogP) is 2.73. The lowest BCUT2D eigenvalue weighted by Crippen LogP contribution is -2.34. The molecule has 0 bridgehead atoms. The second-order valence-electron chi connectivity index (χ2n) is 6.15. The highest BCUT2D eigenvalue weighted by Crippen LogP contribution is 2.28. The Labute approximate surface area is 136 Å². The summed E-state index contributed by atoms with van der Waals surface area (Å²) in [7, 11) is 0. The van der Waals surface area contributed by atoms with Gasteiger partial charge in [-0.15, -0.1) is 0 Å². The molecule has 0 spiro atoms. The first-order valence-electron chi connectivity index (χ1n) is 8.71. The molecule has 5 nitrogen and oxygen atoms in total. The average molecular weight is 319 g/mol. The van der Waals surface area contributed by atoms with E-state index in [1.54, 1.807) is 0 Å². The SMILES string of the molecule is CCCC(c1nc2cc(F)cnc2n1CC)N1CCCNCC1. The van der Waals surface area contributed by atoms with Crippen molar-refractivity contribution >= 4 is 11.2 Å². The molecule has 2 aromatic rings. The van der Waals surface area contributed by atoms with Crippen LogP contribution in [-0.4, -0.2) is 45.6 Å².